The van der Waals surface area contributed by atoms with Gasteiger partial charge in [-0.3, -0.25) is 4.79 Å². The Hall–Kier alpha value is -1.22. The van der Waals surface area contributed by atoms with Crippen molar-refractivity contribution in [3.05, 3.63) is 35.6 Å². The van der Waals surface area contributed by atoms with E-state index in [1.54, 1.807) is 12.1 Å². The van der Waals surface area contributed by atoms with Gasteiger partial charge in [0.1, 0.15) is 5.82 Å². The van der Waals surface area contributed by atoms with Gasteiger partial charge in [-0.25, -0.2) is 4.39 Å². The van der Waals surface area contributed by atoms with Crippen molar-refractivity contribution in [3.63, 3.8) is 0 Å². The van der Waals surface area contributed by atoms with Crippen molar-refractivity contribution in [2.75, 3.05) is 19.6 Å². The summed E-state index contributed by atoms with van der Waals surface area (Å²) in [5, 5.41) is 0. The standard InChI is InChI=1S/C17H24FNO/c1-2-3-14-8-11-19(12-9-14)13-10-17(20)15-4-6-16(18)7-5-15/h4-7,14H,2-3,8-13H2,1H3. The molecule has 1 saturated heterocycles. The molecule has 20 heavy (non-hydrogen) atoms. The van der Waals surface area contributed by atoms with Crippen LogP contribution < -0.4 is 0 Å². The van der Waals surface area contributed by atoms with Gasteiger partial charge >= 0.3 is 0 Å². The van der Waals surface area contributed by atoms with Crippen molar-refractivity contribution in [1.29, 1.82) is 0 Å². The fourth-order valence-electron chi connectivity index (χ4n) is 2.95. The first-order valence-electron chi connectivity index (χ1n) is 7.70. The van der Waals surface area contributed by atoms with Crippen LogP contribution in [0, 0.1) is 11.7 Å². The van der Waals surface area contributed by atoms with Gasteiger partial charge in [0.05, 0.1) is 0 Å². The Morgan fingerprint density at radius 2 is 1.90 bits per heavy atom. The third kappa shape index (κ3) is 4.41. The molecule has 1 aromatic carbocycles. The Balaban J connectivity index is 1.73. The molecule has 1 aliphatic rings. The summed E-state index contributed by atoms with van der Waals surface area (Å²) >= 11 is 0. The topological polar surface area (TPSA) is 20.3 Å². The highest BCUT2D eigenvalue weighted by Gasteiger charge is 2.19. The van der Waals surface area contributed by atoms with Crippen molar-refractivity contribution in [3.8, 4) is 0 Å². The number of piperidine rings is 1. The van der Waals surface area contributed by atoms with E-state index in [0.29, 0.717) is 12.0 Å². The van der Waals surface area contributed by atoms with E-state index in [4.69, 9.17) is 0 Å². The van der Waals surface area contributed by atoms with Crippen LogP contribution in [0.4, 0.5) is 4.39 Å². The lowest BCUT2D eigenvalue weighted by Crippen LogP contribution is -2.35. The molecule has 0 saturated carbocycles. The zero-order valence-electron chi connectivity index (χ0n) is 12.3. The SMILES string of the molecule is CCCC1CCN(CCC(=O)c2ccc(F)cc2)CC1. The fourth-order valence-corrected chi connectivity index (χ4v) is 2.95. The Labute approximate surface area is 121 Å². The molecule has 0 amide bonds. The third-order valence-corrected chi connectivity index (χ3v) is 4.23. The minimum Gasteiger partial charge on any atom is -0.303 e. The van der Waals surface area contributed by atoms with Crippen molar-refractivity contribution in [2.24, 2.45) is 5.92 Å². The largest absolute Gasteiger partial charge is 0.303 e. The van der Waals surface area contributed by atoms with Crippen LogP contribution in [0.1, 0.15) is 49.4 Å². The average Bonchev–Trinajstić information content (AvgIpc) is 2.47. The normalized spacial score (nSPS) is 17.3. The summed E-state index contributed by atoms with van der Waals surface area (Å²) in [7, 11) is 0. The smallest absolute Gasteiger partial charge is 0.164 e. The molecule has 0 radical (unpaired) electrons. The van der Waals surface area contributed by atoms with Crippen LogP contribution in [0.25, 0.3) is 0 Å². The van der Waals surface area contributed by atoms with Crippen LogP contribution in [0.3, 0.4) is 0 Å². The van der Waals surface area contributed by atoms with E-state index in [1.165, 1.54) is 37.8 Å². The zero-order valence-corrected chi connectivity index (χ0v) is 12.3. The average molecular weight is 277 g/mol. The second kappa shape index (κ2) is 7.53. The number of halogens is 1. The molecule has 2 nitrogen and oxygen atoms in total. The summed E-state index contributed by atoms with van der Waals surface area (Å²) in [5.74, 6) is 0.698. The summed E-state index contributed by atoms with van der Waals surface area (Å²) in [6, 6.07) is 5.85. The Bertz CT molecular complexity index is 421. The molecule has 0 bridgehead atoms. The summed E-state index contributed by atoms with van der Waals surface area (Å²) in [4.78, 5) is 14.4. The molecule has 1 aromatic rings. The summed E-state index contributed by atoms with van der Waals surface area (Å²) in [6.07, 6.45) is 5.66. The zero-order chi connectivity index (χ0) is 14.4. The van der Waals surface area contributed by atoms with E-state index in [1.807, 2.05) is 0 Å². The van der Waals surface area contributed by atoms with Crippen molar-refractivity contribution in [2.45, 2.75) is 39.0 Å². The van der Waals surface area contributed by atoms with Gasteiger partial charge in [-0.2, -0.15) is 0 Å². The maximum atomic E-state index is 12.8. The van der Waals surface area contributed by atoms with Gasteiger partial charge in [0.15, 0.2) is 5.78 Å². The van der Waals surface area contributed by atoms with Gasteiger partial charge in [0.2, 0.25) is 0 Å². The number of nitrogens with zero attached hydrogens (tertiary/aromatic N) is 1. The lowest BCUT2D eigenvalue weighted by atomic mass is 9.92. The number of benzene rings is 1. The van der Waals surface area contributed by atoms with Crippen molar-refractivity contribution in [1.82, 2.24) is 4.90 Å². The molecule has 2 rings (SSSR count). The number of carbonyl (C=O) groups excluding carboxylic acids is 1. The molecule has 0 aromatic heterocycles. The van der Waals surface area contributed by atoms with Crippen LogP contribution in [-0.4, -0.2) is 30.3 Å². The van der Waals surface area contributed by atoms with E-state index in [9.17, 15) is 9.18 Å². The maximum Gasteiger partial charge on any atom is 0.164 e. The molecule has 0 spiro atoms. The first-order chi connectivity index (χ1) is 9.69. The van der Waals surface area contributed by atoms with Crippen LogP contribution in [0.5, 0.6) is 0 Å². The first-order valence-corrected chi connectivity index (χ1v) is 7.70. The number of Topliss-reactive ketones (excluding diaryl/α,β-unsaturated/α-hetero) is 1. The van der Waals surface area contributed by atoms with E-state index in [2.05, 4.69) is 11.8 Å². The number of hydrogen-bond acceptors (Lipinski definition) is 2. The van der Waals surface area contributed by atoms with E-state index < -0.39 is 0 Å². The van der Waals surface area contributed by atoms with Crippen LogP contribution >= 0.6 is 0 Å². The molecule has 0 unspecified atom stereocenters. The second-order valence-electron chi connectivity index (χ2n) is 5.75. The minimum atomic E-state index is -0.292. The van der Waals surface area contributed by atoms with E-state index >= 15 is 0 Å². The number of likely N-dealkylation sites (tertiary alicyclic amines) is 1. The van der Waals surface area contributed by atoms with Gasteiger partial charge in [-0.1, -0.05) is 19.8 Å². The first kappa shape index (κ1) is 15.2. The summed E-state index contributed by atoms with van der Waals surface area (Å²) < 4.78 is 12.8. The second-order valence-corrected chi connectivity index (χ2v) is 5.75. The number of ketones is 1. The van der Waals surface area contributed by atoms with Gasteiger partial charge < -0.3 is 4.90 Å². The quantitative estimate of drug-likeness (QED) is 0.735. The number of hydrogen-bond donors (Lipinski definition) is 0. The lowest BCUT2D eigenvalue weighted by Gasteiger charge is -2.31. The predicted octanol–water partition coefficient (Wildman–Crippen LogP) is 3.91. The summed E-state index contributed by atoms with van der Waals surface area (Å²) in [5.41, 5.74) is 0.618. The molecular weight excluding hydrogens is 253 g/mol. The van der Waals surface area contributed by atoms with Crippen LogP contribution in [0.15, 0.2) is 24.3 Å². The molecule has 1 heterocycles. The Morgan fingerprint density at radius 1 is 1.25 bits per heavy atom. The van der Waals surface area contributed by atoms with E-state index in [0.717, 1.165) is 25.6 Å². The predicted molar refractivity (Wildman–Crippen MR) is 79.4 cm³/mol. The molecule has 0 N–H and O–H groups in total. The third-order valence-electron chi connectivity index (χ3n) is 4.23. The summed E-state index contributed by atoms with van der Waals surface area (Å²) in [6.45, 7) is 5.30. The van der Waals surface area contributed by atoms with Gasteiger partial charge in [-0.15, -0.1) is 0 Å². The van der Waals surface area contributed by atoms with Crippen LogP contribution in [-0.2, 0) is 0 Å². The monoisotopic (exact) mass is 277 g/mol. The number of rotatable bonds is 6. The van der Waals surface area contributed by atoms with Crippen molar-refractivity contribution >= 4 is 5.78 Å². The van der Waals surface area contributed by atoms with Crippen molar-refractivity contribution < 1.29 is 9.18 Å². The number of carbonyl (C=O) groups is 1. The molecule has 1 fully saturated rings. The Morgan fingerprint density at radius 3 is 2.50 bits per heavy atom. The molecule has 0 aliphatic carbocycles. The van der Waals surface area contributed by atoms with E-state index in [-0.39, 0.29) is 11.6 Å². The maximum absolute atomic E-state index is 12.8. The Kier molecular flexibility index (Phi) is 5.72. The fraction of sp³-hybridized carbons (Fsp3) is 0.588. The molecule has 110 valence electrons. The molecular formula is C17H24FNO. The minimum absolute atomic E-state index is 0.112. The molecule has 3 heteroatoms. The van der Waals surface area contributed by atoms with Gasteiger partial charge in [-0.05, 0) is 56.1 Å². The highest BCUT2D eigenvalue weighted by Crippen LogP contribution is 2.21. The van der Waals surface area contributed by atoms with Gasteiger partial charge in [0.25, 0.3) is 0 Å². The highest BCUT2D eigenvalue weighted by molar-refractivity contribution is 5.96. The molecule has 1 aliphatic heterocycles. The lowest BCUT2D eigenvalue weighted by molar-refractivity contribution is 0.0950. The highest BCUT2D eigenvalue weighted by atomic mass is 19.1. The molecule has 0 atom stereocenters. The van der Waals surface area contributed by atoms with Crippen LogP contribution in [0.2, 0.25) is 0 Å². The van der Waals surface area contributed by atoms with Gasteiger partial charge in [0, 0.05) is 18.5 Å².